The molecule has 0 saturated carbocycles. The molecule has 54 heavy (non-hydrogen) atoms. The molecule has 0 aliphatic carbocycles. The average molecular weight is 710 g/mol. The maximum absolute atomic E-state index is 5.49. The summed E-state index contributed by atoms with van der Waals surface area (Å²) in [6.07, 6.45) is 7.02. The van der Waals surface area contributed by atoms with Crippen molar-refractivity contribution in [3.63, 3.8) is 0 Å². The van der Waals surface area contributed by atoms with E-state index in [0.717, 1.165) is 65.8 Å². The van der Waals surface area contributed by atoms with Gasteiger partial charge >= 0.3 is 0 Å². The number of fused-ring (bicyclic) bond motifs is 7. The van der Waals surface area contributed by atoms with Crippen LogP contribution in [0, 0.1) is 0 Å². The van der Waals surface area contributed by atoms with Gasteiger partial charge in [-0.25, -0.2) is 19.9 Å². The van der Waals surface area contributed by atoms with Crippen LogP contribution in [-0.2, 0) is 0 Å². The average Bonchev–Trinajstić information content (AvgIpc) is 3.77. The summed E-state index contributed by atoms with van der Waals surface area (Å²) in [5, 5.41) is 3.34. The molecule has 1 atom stereocenters. The summed E-state index contributed by atoms with van der Waals surface area (Å²) < 4.78 is 2.34. The van der Waals surface area contributed by atoms with Gasteiger partial charge in [0.25, 0.3) is 0 Å². The zero-order chi connectivity index (χ0) is 35.6. The fourth-order valence-electron chi connectivity index (χ4n) is 8.07. The van der Waals surface area contributed by atoms with E-state index in [-0.39, 0.29) is 0 Å². The largest absolute Gasteiger partial charge is 0.299 e. The predicted molar refractivity (Wildman–Crippen MR) is 214 cm³/mol. The zero-order valence-corrected chi connectivity index (χ0v) is 29.6. The second-order valence-corrected chi connectivity index (χ2v) is 16.8. The second-order valence-electron chi connectivity index (χ2n) is 13.2. The van der Waals surface area contributed by atoms with Gasteiger partial charge in [0.1, 0.15) is 5.45 Å². The van der Waals surface area contributed by atoms with E-state index in [2.05, 4.69) is 71.3 Å². The Kier molecular flexibility index (Phi) is 6.67. The van der Waals surface area contributed by atoms with Gasteiger partial charge in [0.2, 0.25) is 8.07 Å². The third kappa shape index (κ3) is 4.37. The van der Waals surface area contributed by atoms with E-state index in [1.54, 1.807) is 24.8 Å². The maximum Gasteiger partial charge on any atom is 0.230 e. The number of hydrogen-bond donors (Lipinski definition) is 0. The lowest BCUT2D eigenvalue weighted by Crippen LogP contribution is -2.74. The molecule has 1 aliphatic heterocycles. The quantitative estimate of drug-likeness (QED) is 0.207. The molecule has 252 valence electrons. The van der Waals surface area contributed by atoms with Crippen molar-refractivity contribution in [1.29, 1.82) is 0 Å². The van der Waals surface area contributed by atoms with Crippen molar-refractivity contribution >= 4 is 62.2 Å². The Hall–Kier alpha value is -7.30. The lowest BCUT2D eigenvalue weighted by atomic mass is 10.1. The molecule has 0 radical (unpaired) electrons. The van der Waals surface area contributed by atoms with Crippen molar-refractivity contribution < 1.29 is 0 Å². The standard InChI is InChI=1S/C44H27N9Si/c1-3-12-28(13-4-1)41-50-42(29-14-5-2-6-15-29)52-43(51-41)30-22-23-37(40-38(30)46-26-27-48-40)54(36-21-11-17-32-39(36)47-25-24-45-32)35-20-10-9-19-34(35)53-33-18-8-7-16-31(33)49-44(53)54/h1-27H. The van der Waals surface area contributed by atoms with Crippen molar-refractivity contribution in [3.05, 3.63) is 164 Å². The summed E-state index contributed by atoms with van der Waals surface area (Å²) in [7, 11) is -3.30. The molecule has 10 heteroatoms. The van der Waals surface area contributed by atoms with Crippen molar-refractivity contribution in [1.82, 2.24) is 44.4 Å². The third-order valence-corrected chi connectivity index (χ3v) is 15.0. The molecule has 1 aliphatic rings. The molecule has 1 unspecified atom stereocenters. The van der Waals surface area contributed by atoms with Crippen LogP contribution in [0.5, 0.6) is 0 Å². The van der Waals surface area contributed by atoms with Gasteiger partial charge in [0.05, 0.1) is 33.1 Å². The Morgan fingerprint density at radius 2 is 0.963 bits per heavy atom. The Bertz CT molecular complexity index is 3010. The van der Waals surface area contributed by atoms with Gasteiger partial charge < -0.3 is 0 Å². The highest BCUT2D eigenvalue weighted by Gasteiger charge is 2.54. The van der Waals surface area contributed by atoms with Crippen molar-refractivity contribution in [2.45, 2.75) is 0 Å². The smallest absolute Gasteiger partial charge is 0.230 e. The van der Waals surface area contributed by atoms with Gasteiger partial charge in [0, 0.05) is 47.2 Å². The molecule has 4 aromatic heterocycles. The van der Waals surface area contributed by atoms with Gasteiger partial charge in [-0.2, -0.15) is 0 Å². The molecule has 0 spiro atoms. The summed E-state index contributed by atoms with van der Waals surface area (Å²) >= 11 is 0. The van der Waals surface area contributed by atoms with Gasteiger partial charge in [0.15, 0.2) is 17.5 Å². The first-order valence-electron chi connectivity index (χ1n) is 17.7. The number of imidazole rings is 1. The summed E-state index contributed by atoms with van der Waals surface area (Å²) in [5.41, 5.74) is 9.78. The van der Waals surface area contributed by atoms with E-state index in [4.69, 9.17) is 39.9 Å². The number of aromatic nitrogens is 9. The van der Waals surface area contributed by atoms with Gasteiger partial charge in [-0.1, -0.05) is 109 Å². The number of nitrogens with zero attached hydrogens (tertiary/aromatic N) is 9. The van der Waals surface area contributed by atoms with E-state index >= 15 is 0 Å². The van der Waals surface area contributed by atoms with E-state index in [1.165, 1.54) is 5.19 Å². The van der Waals surface area contributed by atoms with Crippen LogP contribution in [0.25, 0.3) is 73.0 Å². The van der Waals surface area contributed by atoms with E-state index in [0.29, 0.717) is 23.0 Å². The molecule has 0 fully saturated rings. The van der Waals surface area contributed by atoms with Crippen LogP contribution >= 0.6 is 0 Å². The molecular weight excluding hydrogens is 683 g/mol. The van der Waals surface area contributed by atoms with Crippen molar-refractivity contribution in [2.75, 3.05) is 0 Å². The summed E-state index contributed by atoms with van der Waals surface area (Å²) in [6, 6.07) is 47.6. The molecule has 0 amide bonds. The summed E-state index contributed by atoms with van der Waals surface area (Å²) in [6.45, 7) is 0. The number of rotatable bonds is 5. The van der Waals surface area contributed by atoms with Crippen molar-refractivity contribution in [3.8, 4) is 39.9 Å². The van der Waals surface area contributed by atoms with Crippen LogP contribution in [0.2, 0.25) is 0 Å². The van der Waals surface area contributed by atoms with Crippen LogP contribution in [-0.4, -0.2) is 52.5 Å². The minimum absolute atomic E-state index is 0.519. The van der Waals surface area contributed by atoms with Crippen LogP contribution in [0.15, 0.2) is 164 Å². The molecule has 6 aromatic carbocycles. The van der Waals surface area contributed by atoms with Crippen LogP contribution in [0.4, 0.5) is 0 Å². The molecule has 0 bridgehead atoms. The Morgan fingerprint density at radius 3 is 1.74 bits per heavy atom. The predicted octanol–water partition coefficient (Wildman–Crippen LogP) is 5.79. The first-order chi connectivity index (χ1) is 26.8. The fraction of sp³-hybridized carbons (Fsp3) is 0. The highest BCUT2D eigenvalue weighted by Crippen LogP contribution is 2.32. The monoisotopic (exact) mass is 709 g/mol. The molecule has 0 saturated heterocycles. The van der Waals surface area contributed by atoms with Gasteiger partial charge in [-0.3, -0.25) is 24.5 Å². The van der Waals surface area contributed by atoms with Crippen molar-refractivity contribution in [2.24, 2.45) is 0 Å². The lowest BCUT2D eigenvalue weighted by molar-refractivity contribution is 1.07. The minimum Gasteiger partial charge on any atom is -0.299 e. The number of para-hydroxylation sites is 4. The summed E-state index contributed by atoms with van der Waals surface area (Å²) in [5.74, 6) is 1.68. The third-order valence-electron chi connectivity index (χ3n) is 10.3. The fourth-order valence-corrected chi connectivity index (χ4v) is 13.2. The van der Waals surface area contributed by atoms with Gasteiger partial charge in [-0.05, 0) is 45.9 Å². The normalized spacial score (nSPS) is 14.7. The highest BCUT2D eigenvalue weighted by molar-refractivity contribution is 7.22. The molecule has 9 nitrogen and oxygen atoms in total. The molecule has 0 N–H and O–H groups in total. The van der Waals surface area contributed by atoms with Crippen LogP contribution in [0.1, 0.15) is 0 Å². The molecular formula is C44H27N9Si. The SMILES string of the molecule is c1ccc(-c2nc(-c3ccccc3)nc(-c3ccc([Si]4(c5cccc6nccnc56)c5ccccc5-n5c4nc4ccccc45)c4nccnc34)n2)cc1. The van der Waals surface area contributed by atoms with Crippen LogP contribution < -0.4 is 21.0 Å². The van der Waals surface area contributed by atoms with E-state index < -0.39 is 8.07 Å². The number of benzene rings is 6. The van der Waals surface area contributed by atoms with Gasteiger partial charge in [-0.15, -0.1) is 0 Å². The Labute approximate surface area is 309 Å². The molecule has 5 heterocycles. The first kappa shape index (κ1) is 30.3. The highest BCUT2D eigenvalue weighted by atomic mass is 28.3. The summed E-state index contributed by atoms with van der Waals surface area (Å²) in [4.78, 5) is 40.5. The Morgan fingerprint density at radius 1 is 0.389 bits per heavy atom. The van der Waals surface area contributed by atoms with E-state index in [1.807, 2.05) is 72.8 Å². The first-order valence-corrected chi connectivity index (χ1v) is 19.7. The maximum atomic E-state index is 5.49. The molecule has 10 aromatic rings. The molecule has 11 rings (SSSR count). The zero-order valence-electron chi connectivity index (χ0n) is 28.6. The van der Waals surface area contributed by atoms with E-state index in [9.17, 15) is 0 Å². The number of hydrogen-bond acceptors (Lipinski definition) is 8. The lowest BCUT2D eigenvalue weighted by Gasteiger charge is -2.29. The minimum atomic E-state index is -3.30. The second kappa shape index (κ2) is 11.9. The topological polar surface area (TPSA) is 108 Å². The van der Waals surface area contributed by atoms with Crippen LogP contribution in [0.3, 0.4) is 0 Å². The Balaban J connectivity index is 1.25.